The summed E-state index contributed by atoms with van der Waals surface area (Å²) in [7, 11) is 2.01. The van der Waals surface area contributed by atoms with Crippen molar-refractivity contribution in [1.82, 2.24) is 15.1 Å². The van der Waals surface area contributed by atoms with E-state index in [-0.39, 0.29) is 0 Å². The topological polar surface area (TPSA) is 29.9 Å². The minimum absolute atomic E-state index is 0.464. The van der Waals surface area contributed by atoms with Crippen LogP contribution in [0.4, 0.5) is 0 Å². The van der Waals surface area contributed by atoms with Gasteiger partial charge in [-0.1, -0.05) is 6.92 Å². The molecular formula is C14H21N3S. The van der Waals surface area contributed by atoms with Crippen LogP contribution in [0.25, 0.3) is 0 Å². The number of rotatable bonds is 7. The fraction of sp³-hybridized carbons (Fsp3) is 0.500. The quantitative estimate of drug-likeness (QED) is 0.831. The number of hydrogen-bond acceptors (Lipinski definition) is 3. The van der Waals surface area contributed by atoms with Crippen LogP contribution >= 0.6 is 11.3 Å². The number of aryl methyl sites for hydroxylation is 2. The average molecular weight is 263 g/mol. The minimum Gasteiger partial charge on any atom is -0.310 e. The first kappa shape index (κ1) is 13.3. The first-order chi connectivity index (χ1) is 8.81. The van der Waals surface area contributed by atoms with Crippen LogP contribution in [-0.2, 0) is 13.5 Å². The van der Waals surface area contributed by atoms with Crippen molar-refractivity contribution in [2.45, 2.75) is 32.2 Å². The zero-order valence-corrected chi connectivity index (χ0v) is 11.9. The Morgan fingerprint density at radius 1 is 1.44 bits per heavy atom. The number of nitrogens with one attached hydrogen (secondary N) is 1. The third-order valence-corrected chi connectivity index (χ3v) is 3.90. The van der Waals surface area contributed by atoms with E-state index in [9.17, 15) is 0 Å². The van der Waals surface area contributed by atoms with E-state index in [1.165, 1.54) is 17.7 Å². The van der Waals surface area contributed by atoms with Crippen molar-refractivity contribution in [3.63, 3.8) is 0 Å². The van der Waals surface area contributed by atoms with Crippen molar-refractivity contribution >= 4 is 11.3 Å². The molecule has 1 unspecified atom stereocenters. The molecule has 18 heavy (non-hydrogen) atoms. The fourth-order valence-electron chi connectivity index (χ4n) is 2.12. The highest BCUT2D eigenvalue weighted by Crippen LogP contribution is 2.21. The Hall–Kier alpha value is -1.13. The van der Waals surface area contributed by atoms with E-state index in [0.29, 0.717) is 6.04 Å². The molecule has 2 aromatic heterocycles. The zero-order valence-electron chi connectivity index (χ0n) is 11.1. The molecular weight excluding hydrogens is 242 g/mol. The molecule has 1 N–H and O–H groups in total. The first-order valence-corrected chi connectivity index (χ1v) is 7.48. The smallest absolute Gasteiger partial charge is 0.0492 e. The summed E-state index contributed by atoms with van der Waals surface area (Å²) < 4.78 is 1.96. The molecule has 0 fully saturated rings. The molecule has 2 heterocycles. The van der Waals surface area contributed by atoms with E-state index in [2.05, 4.69) is 40.2 Å². The Morgan fingerprint density at radius 2 is 2.33 bits per heavy atom. The maximum atomic E-state index is 4.22. The number of nitrogens with zero attached hydrogens (tertiary/aromatic N) is 2. The maximum Gasteiger partial charge on any atom is 0.0492 e. The predicted octanol–water partition coefficient (Wildman–Crippen LogP) is 3.16. The average Bonchev–Trinajstić information content (AvgIpc) is 3.01. The maximum absolute atomic E-state index is 4.22. The van der Waals surface area contributed by atoms with Gasteiger partial charge in [0, 0.05) is 25.0 Å². The molecule has 0 bridgehead atoms. The van der Waals surface area contributed by atoms with Gasteiger partial charge in [-0.3, -0.25) is 4.68 Å². The number of aromatic nitrogens is 2. The van der Waals surface area contributed by atoms with Crippen molar-refractivity contribution in [1.29, 1.82) is 0 Å². The van der Waals surface area contributed by atoms with Crippen LogP contribution in [0.15, 0.2) is 29.1 Å². The van der Waals surface area contributed by atoms with Crippen LogP contribution in [0.5, 0.6) is 0 Å². The van der Waals surface area contributed by atoms with Gasteiger partial charge in [0.2, 0.25) is 0 Å². The molecule has 0 saturated heterocycles. The normalized spacial score (nSPS) is 12.8. The number of thiophene rings is 1. The Morgan fingerprint density at radius 3 is 2.94 bits per heavy atom. The zero-order chi connectivity index (χ0) is 12.8. The molecule has 2 aromatic rings. The highest BCUT2D eigenvalue weighted by atomic mass is 32.1. The standard InChI is InChI=1S/C14H21N3S/c1-3-8-15-14(12-7-10-18-11-12)5-4-13-6-9-16-17(13)2/h6-7,9-11,14-15H,3-5,8H2,1-2H3. The van der Waals surface area contributed by atoms with Gasteiger partial charge >= 0.3 is 0 Å². The molecule has 0 radical (unpaired) electrons. The Balaban J connectivity index is 1.95. The van der Waals surface area contributed by atoms with Crippen molar-refractivity contribution in [3.05, 3.63) is 40.3 Å². The summed E-state index contributed by atoms with van der Waals surface area (Å²) in [6, 6.07) is 4.79. The Bertz CT molecular complexity index is 447. The summed E-state index contributed by atoms with van der Waals surface area (Å²) >= 11 is 1.77. The van der Waals surface area contributed by atoms with Gasteiger partial charge in [0.15, 0.2) is 0 Å². The largest absolute Gasteiger partial charge is 0.310 e. The van der Waals surface area contributed by atoms with Gasteiger partial charge in [-0.25, -0.2) is 0 Å². The van der Waals surface area contributed by atoms with E-state index >= 15 is 0 Å². The minimum atomic E-state index is 0.464. The first-order valence-electron chi connectivity index (χ1n) is 6.53. The predicted molar refractivity (Wildman–Crippen MR) is 76.9 cm³/mol. The fourth-order valence-corrected chi connectivity index (χ4v) is 2.83. The molecule has 1 atom stereocenters. The Kier molecular flexibility index (Phi) is 4.96. The third kappa shape index (κ3) is 3.43. The van der Waals surface area contributed by atoms with Gasteiger partial charge in [0.1, 0.15) is 0 Å². The van der Waals surface area contributed by atoms with Crippen molar-refractivity contribution in [3.8, 4) is 0 Å². The molecule has 2 rings (SSSR count). The van der Waals surface area contributed by atoms with Crippen LogP contribution in [0.1, 0.15) is 37.1 Å². The van der Waals surface area contributed by atoms with Gasteiger partial charge in [0.25, 0.3) is 0 Å². The van der Waals surface area contributed by atoms with Crippen LogP contribution in [0.2, 0.25) is 0 Å². The summed E-state index contributed by atoms with van der Waals surface area (Å²) in [5.41, 5.74) is 2.71. The highest BCUT2D eigenvalue weighted by Gasteiger charge is 2.12. The van der Waals surface area contributed by atoms with E-state index < -0.39 is 0 Å². The lowest BCUT2D eigenvalue weighted by Gasteiger charge is -2.17. The van der Waals surface area contributed by atoms with E-state index in [1.54, 1.807) is 11.3 Å². The molecule has 0 aliphatic rings. The second kappa shape index (κ2) is 6.71. The SMILES string of the molecule is CCCNC(CCc1ccnn1C)c1ccsc1. The Labute approximate surface area is 113 Å². The molecule has 0 amide bonds. The summed E-state index contributed by atoms with van der Waals surface area (Å²) in [6.45, 7) is 3.28. The molecule has 0 aliphatic heterocycles. The third-order valence-electron chi connectivity index (χ3n) is 3.20. The summed E-state index contributed by atoms with van der Waals surface area (Å²) in [6.07, 6.45) is 5.23. The monoisotopic (exact) mass is 263 g/mol. The molecule has 4 heteroatoms. The van der Waals surface area contributed by atoms with Crippen LogP contribution in [0, 0.1) is 0 Å². The molecule has 0 spiro atoms. The van der Waals surface area contributed by atoms with Gasteiger partial charge in [-0.2, -0.15) is 16.4 Å². The summed E-state index contributed by atoms with van der Waals surface area (Å²) in [5.74, 6) is 0. The van der Waals surface area contributed by atoms with Gasteiger partial charge in [-0.15, -0.1) is 0 Å². The van der Waals surface area contributed by atoms with Crippen LogP contribution in [0.3, 0.4) is 0 Å². The molecule has 0 aliphatic carbocycles. The van der Waals surface area contributed by atoms with Gasteiger partial charge in [0.05, 0.1) is 0 Å². The van der Waals surface area contributed by atoms with Crippen molar-refractivity contribution in [2.24, 2.45) is 7.05 Å². The van der Waals surface area contributed by atoms with Crippen molar-refractivity contribution < 1.29 is 0 Å². The lowest BCUT2D eigenvalue weighted by molar-refractivity contribution is 0.493. The second-order valence-corrected chi connectivity index (χ2v) is 5.33. The van der Waals surface area contributed by atoms with Crippen molar-refractivity contribution in [2.75, 3.05) is 6.54 Å². The van der Waals surface area contributed by atoms with E-state index in [1.807, 2.05) is 17.9 Å². The lowest BCUT2D eigenvalue weighted by Crippen LogP contribution is -2.22. The molecule has 0 saturated carbocycles. The number of hydrogen-bond donors (Lipinski definition) is 1. The summed E-state index contributed by atoms with van der Waals surface area (Å²) in [5, 5.41) is 12.2. The van der Waals surface area contributed by atoms with Gasteiger partial charge < -0.3 is 5.32 Å². The van der Waals surface area contributed by atoms with Crippen LogP contribution < -0.4 is 5.32 Å². The molecule has 0 aromatic carbocycles. The molecule has 98 valence electrons. The second-order valence-electron chi connectivity index (χ2n) is 4.55. The van der Waals surface area contributed by atoms with Gasteiger partial charge in [-0.05, 0) is 54.3 Å². The summed E-state index contributed by atoms with van der Waals surface area (Å²) in [4.78, 5) is 0. The molecule has 3 nitrogen and oxygen atoms in total. The lowest BCUT2D eigenvalue weighted by atomic mass is 10.0. The highest BCUT2D eigenvalue weighted by molar-refractivity contribution is 7.07. The van der Waals surface area contributed by atoms with E-state index in [4.69, 9.17) is 0 Å². The van der Waals surface area contributed by atoms with Crippen LogP contribution in [-0.4, -0.2) is 16.3 Å². The van der Waals surface area contributed by atoms with E-state index in [0.717, 1.165) is 19.4 Å².